The van der Waals surface area contributed by atoms with Crippen LogP contribution in [0.25, 0.3) is 0 Å². The average molecular weight is 411 g/mol. The molecular weight excluding hydrogens is 383 g/mol. The number of piperidine rings is 1. The highest BCUT2D eigenvalue weighted by Gasteiger charge is 2.28. The van der Waals surface area contributed by atoms with Crippen LogP contribution in [0, 0.1) is 0 Å². The minimum absolute atomic E-state index is 0. The number of hydrogen-bond donors (Lipinski definition) is 2. The number of nitrogens with two attached hydrogens (primary N) is 1. The molecule has 0 unspecified atom stereocenters. The smallest absolute Gasteiger partial charge is 0.129 e. The number of nitrogens with one attached hydrogen (secondary N) is 1. The fraction of sp³-hybridized carbons (Fsp3) is 0.526. The molecule has 8 heteroatoms. The van der Waals surface area contributed by atoms with Crippen molar-refractivity contribution in [2.24, 2.45) is 5.73 Å². The van der Waals surface area contributed by atoms with Gasteiger partial charge in [-0.15, -0.1) is 24.8 Å². The van der Waals surface area contributed by atoms with Crippen molar-refractivity contribution < 1.29 is 0 Å². The molecule has 4 rings (SSSR count). The molecule has 0 amide bonds. The lowest BCUT2D eigenvalue weighted by atomic mass is 9.78. The summed E-state index contributed by atoms with van der Waals surface area (Å²) in [4.78, 5) is 15.5. The third-order valence-electron chi connectivity index (χ3n) is 5.35. The zero-order valence-electron chi connectivity index (χ0n) is 15.3. The lowest BCUT2D eigenvalue weighted by Gasteiger charge is -2.33. The predicted molar refractivity (Wildman–Crippen MR) is 113 cm³/mol. The number of halogens is 2. The fourth-order valence-electron chi connectivity index (χ4n) is 3.77. The molecule has 0 aromatic carbocycles. The van der Waals surface area contributed by atoms with Gasteiger partial charge in [0.05, 0.1) is 0 Å². The van der Waals surface area contributed by atoms with Crippen LogP contribution in [0.3, 0.4) is 0 Å². The van der Waals surface area contributed by atoms with E-state index in [-0.39, 0.29) is 24.8 Å². The summed E-state index contributed by atoms with van der Waals surface area (Å²) in [5.41, 5.74) is 8.31. The molecule has 1 aliphatic carbocycles. The van der Waals surface area contributed by atoms with Crippen LogP contribution in [0.15, 0.2) is 36.9 Å². The Balaban J connectivity index is 0.00000131. The quantitative estimate of drug-likeness (QED) is 0.788. The van der Waals surface area contributed by atoms with Gasteiger partial charge in [-0.2, -0.15) is 0 Å². The average Bonchev–Trinajstić information content (AvgIpc) is 2.62. The van der Waals surface area contributed by atoms with Crippen molar-refractivity contribution in [1.29, 1.82) is 0 Å². The standard InChI is InChI=1S/C19H26N6.2ClH/c20-16-8-15(9-16)18-10-19(23-13-22-18)24-17-3-6-25(7-4-17)12-14-2-1-5-21-11-14;;/h1-2,5,10-11,13,15-17H,3-4,6-9,12,20H2,(H,22,23,24);2*1H. The summed E-state index contributed by atoms with van der Waals surface area (Å²) in [6, 6.07) is 7.09. The topological polar surface area (TPSA) is 80.0 Å². The number of nitrogens with zero attached hydrogens (tertiary/aromatic N) is 4. The van der Waals surface area contributed by atoms with Gasteiger partial charge in [0.25, 0.3) is 0 Å². The van der Waals surface area contributed by atoms with Gasteiger partial charge in [0.15, 0.2) is 0 Å². The maximum Gasteiger partial charge on any atom is 0.129 e. The molecule has 1 aliphatic heterocycles. The molecule has 2 aliphatic rings. The Kier molecular flexibility index (Phi) is 8.23. The van der Waals surface area contributed by atoms with Gasteiger partial charge in [0, 0.05) is 61.8 Å². The molecular formula is C19H28Cl2N6. The maximum absolute atomic E-state index is 5.89. The van der Waals surface area contributed by atoms with E-state index in [4.69, 9.17) is 5.73 Å². The van der Waals surface area contributed by atoms with Crippen LogP contribution < -0.4 is 11.1 Å². The monoisotopic (exact) mass is 410 g/mol. The van der Waals surface area contributed by atoms with Crippen molar-refractivity contribution >= 4 is 30.6 Å². The van der Waals surface area contributed by atoms with Gasteiger partial charge in [0.2, 0.25) is 0 Å². The largest absolute Gasteiger partial charge is 0.367 e. The molecule has 1 saturated carbocycles. The van der Waals surface area contributed by atoms with E-state index in [9.17, 15) is 0 Å². The summed E-state index contributed by atoms with van der Waals surface area (Å²) in [6.07, 6.45) is 9.82. The first-order valence-corrected chi connectivity index (χ1v) is 9.21. The van der Waals surface area contributed by atoms with Gasteiger partial charge >= 0.3 is 0 Å². The van der Waals surface area contributed by atoms with Crippen molar-refractivity contribution in [1.82, 2.24) is 19.9 Å². The zero-order valence-corrected chi connectivity index (χ0v) is 17.0. The fourth-order valence-corrected chi connectivity index (χ4v) is 3.77. The molecule has 3 N–H and O–H groups in total. The van der Waals surface area contributed by atoms with E-state index in [2.05, 4.69) is 37.3 Å². The molecule has 0 atom stereocenters. The number of aromatic nitrogens is 3. The normalized spacial score (nSPS) is 22.9. The van der Waals surface area contributed by atoms with E-state index in [1.807, 2.05) is 18.5 Å². The Labute approximate surface area is 173 Å². The van der Waals surface area contributed by atoms with Crippen molar-refractivity contribution in [2.75, 3.05) is 18.4 Å². The molecule has 2 fully saturated rings. The molecule has 148 valence electrons. The van der Waals surface area contributed by atoms with Crippen LogP contribution >= 0.6 is 24.8 Å². The number of anilines is 1. The number of pyridine rings is 1. The van der Waals surface area contributed by atoms with E-state index in [0.29, 0.717) is 18.0 Å². The van der Waals surface area contributed by atoms with Crippen molar-refractivity contribution in [2.45, 2.75) is 50.2 Å². The summed E-state index contributed by atoms with van der Waals surface area (Å²) in [5.74, 6) is 1.47. The minimum atomic E-state index is 0. The number of hydrogen-bond acceptors (Lipinski definition) is 6. The van der Waals surface area contributed by atoms with Gasteiger partial charge in [-0.3, -0.25) is 9.88 Å². The molecule has 1 saturated heterocycles. The lowest BCUT2D eigenvalue weighted by molar-refractivity contribution is 0.211. The van der Waals surface area contributed by atoms with Crippen LogP contribution in [0.1, 0.15) is 42.9 Å². The second kappa shape index (κ2) is 10.2. The highest BCUT2D eigenvalue weighted by atomic mass is 35.5. The summed E-state index contributed by atoms with van der Waals surface area (Å²) >= 11 is 0. The van der Waals surface area contributed by atoms with Crippen LogP contribution in [-0.2, 0) is 6.54 Å². The summed E-state index contributed by atoms with van der Waals surface area (Å²) in [7, 11) is 0. The van der Waals surface area contributed by atoms with E-state index in [1.165, 1.54) is 5.56 Å². The first-order chi connectivity index (χ1) is 12.3. The highest BCUT2D eigenvalue weighted by Crippen LogP contribution is 2.35. The van der Waals surface area contributed by atoms with Gasteiger partial charge in [-0.1, -0.05) is 6.07 Å². The summed E-state index contributed by atoms with van der Waals surface area (Å²) in [6.45, 7) is 3.18. The Bertz CT molecular complexity index is 688. The molecule has 27 heavy (non-hydrogen) atoms. The minimum Gasteiger partial charge on any atom is -0.367 e. The Morgan fingerprint density at radius 2 is 1.93 bits per heavy atom. The van der Waals surface area contributed by atoms with Gasteiger partial charge < -0.3 is 11.1 Å². The Hall–Kier alpha value is -1.47. The molecule has 2 aromatic rings. The highest BCUT2D eigenvalue weighted by molar-refractivity contribution is 5.85. The van der Waals surface area contributed by atoms with Crippen molar-refractivity contribution in [3.05, 3.63) is 48.2 Å². The molecule has 3 heterocycles. The van der Waals surface area contributed by atoms with Gasteiger partial charge in [-0.05, 0) is 37.3 Å². The predicted octanol–water partition coefficient (Wildman–Crippen LogP) is 3.00. The number of rotatable bonds is 5. The van der Waals surface area contributed by atoms with E-state index < -0.39 is 0 Å². The van der Waals surface area contributed by atoms with E-state index >= 15 is 0 Å². The third-order valence-corrected chi connectivity index (χ3v) is 5.35. The lowest BCUT2D eigenvalue weighted by Crippen LogP contribution is -2.39. The van der Waals surface area contributed by atoms with Crippen molar-refractivity contribution in [3.63, 3.8) is 0 Å². The molecule has 0 spiro atoms. The SMILES string of the molecule is Cl.Cl.NC1CC(c2cc(NC3CCN(Cc4cccnc4)CC3)ncn2)C1. The van der Waals surface area contributed by atoms with Gasteiger partial charge in [0.1, 0.15) is 12.1 Å². The van der Waals surface area contributed by atoms with Crippen LogP contribution in [0.2, 0.25) is 0 Å². The molecule has 0 radical (unpaired) electrons. The van der Waals surface area contributed by atoms with Gasteiger partial charge in [-0.25, -0.2) is 9.97 Å². The third kappa shape index (κ3) is 5.75. The van der Waals surface area contributed by atoms with E-state index in [1.54, 1.807) is 6.33 Å². The molecule has 6 nitrogen and oxygen atoms in total. The Morgan fingerprint density at radius 3 is 2.59 bits per heavy atom. The summed E-state index contributed by atoms with van der Waals surface area (Å²) in [5, 5.41) is 3.60. The van der Waals surface area contributed by atoms with E-state index in [0.717, 1.165) is 56.8 Å². The first-order valence-electron chi connectivity index (χ1n) is 9.21. The van der Waals surface area contributed by atoms with Crippen LogP contribution in [-0.4, -0.2) is 45.0 Å². The molecule has 0 bridgehead atoms. The second-order valence-corrected chi connectivity index (χ2v) is 7.31. The maximum atomic E-state index is 5.89. The Morgan fingerprint density at radius 1 is 1.15 bits per heavy atom. The molecule has 2 aromatic heterocycles. The van der Waals surface area contributed by atoms with Crippen molar-refractivity contribution in [3.8, 4) is 0 Å². The second-order valence-electron chi connectivity index (χ2n) is 7.31. The van der Waals surface area contributed by atoms with Crippen LogP contribution in [0.4, 0.5) is 5.82 Å². The summed E-state index contributed by atoms with van der Waals surface area (Å²) < 4.78 is 0. The zero-order chi connectivity index (χ0) is 17.1. The first kappa shape index (κ1) is 21.8. The number of likely N-dealkylation sites (tertiary alicyclic amines) is 1. The van der Waals surface area contributed by atoms with Crippen LogP contribution in [0.5, 0.6) is 0 Å².